The minimum absolute atomic E-state index is 0.468. The van der Waals surface area contributed by atoms with Crippen LogP contribution in [0, 0.1) is 5.92 Å². The summed E-state index contributed by atoms with van der Waals surface area (Å²) in [6.45, 7) is 2.23. The van der Waals surface area contributed by atoms with Crippen LogP contribution in [-0.4, -0.2) is 0 Å². The van der Waals surface area contributed by atoms with Crippen LogP contribution in [0.3, 0.4) is 0 Å². The Morgan fingerprint density at radius 3 is 2.71 bits per heavy atom. The van der Waals surface area contributed by atoms with Gasteiger partial charge in [-0.25, -0.2) is 0 Å². The maximum absolute atomic E-state index is 2.35. The van der Waals surface area contributed by atoms with Gasteiger partial charge in [0, 0.05) is 20.2 Å². The van der Waals surface area contributed by atoms with Crippen molar-refractivity contribution in [3.8, 4) is 0 Å². The minimum Gasteiger partial charge on any atom is -0.135 e. The monoisotopic (exact) mass is 288 g/mol. The summed E-state index contributed by atoms with van der Waals surface area (Å²) in [6.07, 6.45) is 11.1. The van der Waals surface area contributed by atoms with Crippen molar-refractivity contribution in [3.63, 3.8) is 0 Å². The van der Waals surface area contributed by atoms with Crippen molar-refractivity contribution in [2.45, 2.75) is 6.92 Å². The van der Waals surface area contributed by atoms with E-state index in [9.17, 15) is 0 Å². The molecular weight excluding hydrogens is 272 g/mol. The van der Waals surface area contributed by atoms with Crippen LogP contribution < -0.4 is 0 Å². The highest BCUT2D eigenvalue weighted by Gasteiger charge is 2.11. The van der Waals surface area contributed by atoms with Crippen LogP contribution in [0.15, 0.2) is 72.8 Å². The predicted octanol–water partition coefficient (Wildman–Crippen LogP) is 6.20. The van der Waals surface area contributed by atoms with Crippen molar-refractivity contribution in [2.24, 2.45) is 5.92 Å². The number of benzene rings is 2. The topological polar surface area (TPSA) is 0 Å². The maximum Gasteiger partial charge on any atom is 0.0361 e. The minimum atomic E-state index is 0.468. The van der Waals surface area contributed by atoms with Gasteiger partial charge in [0.1, 0.15) is 0 Å². The average molecular weight is 288 g/mol. The van der Waals surface area contributed by atoms with Gasteiger partial charge < -0.3 is 0 Å². The fourth-order valence-electron chi connectivity index (χ4n) is 2.99. The number of allylic oxidation sites excluding steroid dienone is 6. The van der Waals surface area contributed by atoms with E-state index in [0.29, 0.717) is 5.92 Å². The molecule has 1 aliphatic carbocycles. The maximum atomic E-state index is 2.35. The fourth-order valence-corrected chi connectivity index (χ4v) is 4.12. The SMILES string of the molecule is CC1C=CC=CC(c2cccc3sc4ccccc4c23)=C1. The van der Waals surface area contributed by atoms with Crippen LogP contribution in [0.25, 0.3) is 25.7 Å². The summed E-state index contributed by atoms with van der Waals surface area (Å²) in [6, 6.07) is 15.3. The van der Waals surface area contributed by atoms with Gasteiger partial charge in [0.2, 0.25) is 0 Å². The molecule has 1 aromatic heterocycles. The van der Waals surface area contributed by atoms with E-state index in [4.69, 9.17) is 0 Å². The molecule has 0 fully saturated rings. The molecule has 4 rings (SSSR count). The van der Waals surface area contributed by atoms with Crippen LogP contribution in [0.4, 0.5) is 0 Å². The van der Waals surface area contributed by atoms with Crippen LogP contribution in [-0.2, 0) is 0 Å². The van der Waals surface area contributed by atoms with Gasteiger partial charge in [0.05, 0.1) is 0 Å². The zero-order chi connectivity index (χ0) is 14.2. The summed E-state index contributed by atoms with van der Waals surface area (Å²) in [5.74, 6) is 0.468. The Balaban J connectivity index is 2.05. The van der Waals surface area contributed by atoms with Crippen molar-refractivity contribution >= 4 is 37.1 Å². The highest BCUT2D eigenvalue weighted by atomic mass is 32.1. The predicted molar refractivity (Wildman–Crippen MR) is 94.8 cm³/mol. The molecule has 2 aromatic carbocycles. The zero-order valence-corrected chi connectivity index (χ0v) is 12.7. The average Bonchev–Trinajstić information content (AvgIpc) is 2.75. The van der Waals surface area contributed by atoms with Gasteiger partial charge in [-0.3, -0.25) is 0 Å². The van der Waals surface area contributed by atoms with E-state index in [1.54, 1.807) is 0 Å². The van der Waals surface area contributed by atoms with Gasteiger partial charge in [-0.1, -0.05) is 67.6 Å². The van der Waals surface area contributed by atoms with Crippen LogP contribution in [0.1, 0.15) is 12.5 Å². The Labute approximate surface area is 128 Å². The Morgan fingerprint density at radius 1 is 0.905 bits per heavy atom. The van der Waals surface area contributed by atoms with Gasteiger partial charge in [-0.15, -0.1) is 11.3 Å². The molecule has 0 bridgehead atoms. The van der Waals surface area contributed by atoms with E-state index < -0.39 is 0 Å². The molecule has 1 heterocycles. The molecule has 1 atom stereocenters. The third-order valence-corrected chi connectivity index (χ3v) is 5.09. The Morgan fingerprint density at radius 2 is 1.76 bits per heavy atom. The number of hydrogen-bond donors (Lipinski definition) is 0. The molecule has 1 heteroatoms. The quantitative estimate of drug-likeness (QED) is 0.500. The molecule has 0 saturated heterocycles. The first-order valence-electron chi connectivity index (χ1n) is 7.30. The van der Waals surface area contributed by atoms with Gasteiger partial charge in [-0.2, -0.15) is 0 Å². The molecule has 0 amide bonds. The lowest BCUT2D eigenvalue weighted by Gasteiger charge is -2.07. The lowest BCUT2D eigenvalue weighted by molar-refractivity contribution is 0.945. The molecule has 0 N–H and O–H groups in total. The Hall–Kier alpha value is -2.12. The Bertz CT molecular complexity index is 906. The number of hydrogen-bond acceptors (Lipinski definition) is 1. The van der Waals surface area contributed by atoms with Crippen molar-refractivity contribution < 1.29 is 0 Å². The third kappa shape index (κ3) is 2.14. The van der Waals surface area contributed by atoms with E-state index in [1.807, 2.05) is 11.3 Å². The number of thiophene rings is 1. The van der Waals surface area contributed by atoms with Crippen molar-refractivity contribution in [1.29, 1.82) is 0 Å². The summed E-state index contributed by atoms with van der Waals surface area (Å²) in [7, 11) is 0. The zero-order valence-electron chi connectivity index (χ0n) is 11.9. The van der Waals surface area contributed by atoms with Gasteiger partial charge in [0.25, 0.3) is 0 Å². The third-order valence-electron chi connectivity index (χ3n) is 3.96. The fraction of sp³-hybridized carbons (Fsp3) is 0.100. The molecule has 0 spiro atoms. The molecule has 102 valence electrons. The first-order valence-corrected chi connectivity index (χ1v) is 8.12. The smallest absolute Gasteiger partial charge is 0.0361 e. The molecule has 3 aromatic rings. The summed E-state index contributed by atoms with van der Waals surface area (Å²) < 4.78 is 2.73. The highest BCUT2D eigenvalue weighted by molar-refractivity contribution is 7.25. The van der Waals surface area contributed by atoms with Crippen molar-refractivity contribution in [1.82, 2.24) is 0 Å². The van der Waals surface area contributed by atoms with Gasteiger partial charge >= 0.3 is 0 Å². The van der Waals surface area contributed by atoms with E-state index in [0.717, 1.165) is 0 Å². The van der Waals surface area contributed by atoms with Crippen molar-refractivity contribution in [3.05, 3.63) is 78.4 Å². The van der Waals surface area contributed by atoms with E-state index in [1.165, 1.54) is 31.3 Å². The highest BCUT2D eigenvalue weighted by Crippen LogP contribution is 2.38. The van der Waals surface area contributed by atoms with Crippen LogP contribution in [0.2, 0.25) is 0 Å². The second kappa shape index (κ2) is 5.01. The standard InChI is InChI=1S/C20H16S/c1-14-7-2-3-8-15(13-14)16-10-6-12-19-20(16)17-9-4-5-11-18(17)21-19/h2-14H,1H3. The number of rotatable bonds is 1. The van der Waals surface area contributed by atoms with E-state index >= 15 is 0 Å². The molecule has 0 saturated carbocycles. The van der Waals surface area contributed by atoms with Crippen molar-refractivity contribution in [2.75, 3.05) is 0 Å². The molecule has 21 heavy (non-hydrogen) atoms. The first kappa shape index (κ1) is 12.6. The normalized spacial score (nSPS) is 18.1. The second-order valence-corrected chi connectivity index (χ2v) is 6.59. The Kier molecular flexibility index (Phi) is 3.01. The van der Waals surface area contributed by atoms with E-state index in [-0.39, 0.29) is 0 Å². The van der Waals surface area contributed by atoms with Gasteiger partial charge in [0.15, 0.2) is 0 Å². The molecule has 1 unspecified atom stereocenters. The van der Waals surface area contributed by atoms with Crippen LogP contribution >= 0.6 is 11.3 Å². The molecule has 0 nitrogen and oxygen atoms in total. The molecular formula is C20H16S. The second-order valence-electron chi connectivity index (χ2n) is 5.50. The van der Waals surface area contributed by atoms with Gasteiger partial charge in [-0.05, 0) is 29.2 Å². The summed E-state index contributed by atoms with van der Waals surface area (Å²) >= 11 is 1.88. The molecule has 0 aliphatic heterocycles. The largest absolute Gasteiger partial charge is 0.135 e. The summed E-state index contributed by atoms with van der Waals surface area (Å²) in [5.41, 5.74) is 2.67. The summed E-state index contributed by atoms with van der Waals surface area (Å²) in [4.78, 5) is 0. The first-order chi connectivity index (χ1) is 10.3. The molecule has 0 radical (unpaired) electrons. The lowest BCUT2D eigenvalue weighted by atomic mass is 9.97. The van der Waals surface area contributed by atoms with Crippen LogP contribution in [0.5, 0.6) is 0 Å². The summed E-state index contributed by atoms with van der Waals surface area (Å²) in [5, 5.41) is 2.76. The number of fused-ring (bicyclic) bond motifs is 3. The van der Waals surface area contributed by atoms with E-state index in [2.05, 4.69) is 79.8 Å². The lowest BCUT2D eigenvalue weighted by Crippen LogP contribution is -1.87. The molecule has 1 aliphatic rings.